The molecule has 2 amide bonds. The second-order valence-electron chi connectivity index (χ2n) is 5.81. The fraction of sp³-hybridized carbons (Fsp3) is 0.500. The molecule has 0 aromatic heterocycles. The van der Waals surface area contributed by atoms with Gasteiger partial charge in [0.15, 0.2) is 0 Å². The Kier molecular flexibility index (Phi) is 5.42. The van der Waals surface area contributed by atoms with Crippen LogP contribution in [-0.2, 0) is 9.59 Å². The molecule has 1 saturated heterocycles. The van der Waals surface area contributed by atoms with Crippen LogP contribution in [-0.4, -0.2) is 36.1 Å². The average molecular weight is 325 g/mol. The summed E-state index contributed by atoms with van der Waals surface area (Å²) in [7, 11) is 0. The van der Waals surface area contributed by atoms with Crippen molar-refractivity contribution in [3.05, 3.63) is 29.3 Å². The number of rotatable bonds is 5. The highest BCUT2D eigenvalue weighted by Crippen LogP contribution is 2.31. The summed E-state index contributed by atoms with van der Waals surface area (Å²) in [4.78, 5) is 26.0. The van der Waals surface area contributed by atoms with Crippen LogP contribution in [0.5, 0.6) is 0 Å². The maximum atomic E-state index is 12.3. The van der Waals surface area contributed by atoms with Gasteiger partial charge in [0, 0.05) is 25.6 Å². The molecular weight excluding hydrogens is 304 g/mol. The Balaban J connectivity index is 2.03. The third-order valence-corrected chi connectivity index (χ3v) is 4.47. The summed E-state index contributed by atoms with van der Waals surface area (Å²) in [6.45, 7) is 4.05. The quantitative estimate of drug-likeness (QED) is 0.868. The Bertz CT molecular complexity index is 564. The molecule has 120 valence electrons. The molecule has 1 aliphatic rings. The van der Waals surface area contributed by atoms with Crippen LogP contribution >= 0.6 is 11.6 Å². The van der Waals surface area contributed by atoms with Crippen molar-refractivity contribution in [1.29, 1.82) is 0 Å². The first kappa shape index (κ1) is 16.8. The topological polar surface area (TPSA) is 69.6 Å². The minimum Gasteiger partial charge on any atom is -0.396 e. The molecule has 1 fully saturated rings. The average Bonchev–Trinajstić information content (AvgIpc) is 2.88. The molecule has 1 heterocycles. The number of nitrogens with one attached hydrogen (secondary N) is 1. The molecule has 5 nitrogen and oxygen atoms in total. The largest absolute Gasteiger partial charge is 0.396 e. The van der Waals surface area contributed by atoms with Gasteiger partial charge in [0.1, 0.15) is 0 Å². The van der Waals surface area contributed by atoms with E-state index in [0.29, 0.717) is 17.3 Å². The van der Waals surface area contributed by atoms with Crippen molar-refractivity contribution in [3.8, 4) is 0 Å². The van der Waals surface area contributed by atoms with Crippen molar-refractivity contribution in [3.63, 3.8) is 0 Å². The molecule has 1 aromatic carbocycles. The number of carbonyl (C=O) groups excluding carboxylic acids is 2. The number of aliphatic hydroxyl groups is 1. The number of nitrogens with zero attached hydrogens (tertiary/aromatic N) is 1. The van der Waals surface area contributed by atoms with Gasteiger partial charge in [0.05, 0.1) is 16.6 Å². The fourth-order valence-electron chi connectivity index (χ4n) is 2.43. The van der Waals surface area contributed by atoms with Gasteiger partial charge >= 0.3 is 0 Å². The van der Waals surface area contributed by atoms with E-state index < -0.39 is 5.92 Å². The first-order valence-electron chi connectivity index (χ1n) is 7.40. The summed E-state index contributed by atoms with van der Waals surface area (Å²) in [5.41, 5.74) is 0.640. The number of hydrogen-bond donors (Lipinski definition) is 2. The van der Waals surface area contributed by atoms with E-state index in [2.05, 4.69) is 5.32 Å². The first-order chi connectivity index (χ1) is 10.4. The van der Waals surface area contributed by atoms with E-state index in [1.54, 1.807) is 23.1 Å². The number of benzene rings is 1. The standard InChI is InChI=1S/C16H21ClN2O3/c1-10(9-20)11(2)18-16(22)12-7-15(21)19(8-12)14-6-4-3-5-13(14)17/h3-6,10-12,20H,7-9H2,1-2H3,(H,18,22). The maximum absolute atomic E-state index is 12.3. The molecule has 0 saturated carbocycles. The van der Waals surface area contributed by atoms with Crippen molar-refractivity contribution in [2.75, 3.05) is 18.1 Å². The Morgan fingerprint density at radius 3 is 2.77 bits per heavy atom. The number of carbonyl (C=O) groups is 2. The molecule has 0 spiro atoms. The summed E-state index contributed by atoms with van der Waals surface area (Å²) >= 11 is 6.12. The molecule has 3 atom stereocenters. The zero-order valence-electron chi connectivity index (χ0n) is 12.8. The lowest BCUT2D eigenvalue weighted by molar-refractivity contribution is -0.127. The second kappa shape index (κ2) is 7.11. The Hall–Kier alpha value is -1.59. The van der Waals surface area contributed by atoms with Gasteiger partial charge in [-0.15, -0.1) is 0 Å². The lowest BCUT2D eigenvalue weighted by Crippen LogP contribution is -2.42. The summed E-state index contributed by atoms with van der Waals surface area (Å²) in [6, 6.07) is 6.98. The predicted molar refractivity (Wildman–Crippen MR) is 85.8 cm³/mol. The molecule has 3 unspecified atom stereocenters. The summed E-state index contributed by atoms with van der Waals surface area (Å²) < 4.78 is 0. The summed E-state index contributed by atoms with van der Waals surface area (Å²) in [5, 5.41) is 12.5. The van der Waals surface area contributed by atoms with Crippen molar-refractivity contribution in [2.45, 2.75) is 26.3 Å². The molecule has 2 N–H and O–H groups in total. The second-order valence-corrected chi connectivity index (χ2v) is 6.22. The van der Waals surface area contributed by atoms with Crippen molar-refractivity contribution < 1.29 is 14.7 Å². The van der Waals surface area contributed by atoms with Gasteiger partial charge in [-0.25, -0.2) is 0 Å². The summed E-state index contributed by atoms with van der Waals surface area (Å²) in [5.74, 6) is -0.676. The number of anilines is 1. The number of hydrogen-bond acceptors (Lipinski definition) is 3. The number of para-hydroxylation sites is 1. The third-order valence-electron chi connectivity index (χ3n) is 4.15. The van der Waals surface area contributed by atoms with Gasteiger partial charge in [-0.2, -0.15) is 0 Å². The highest BCUT2D eigenvalue weighted by molar-refractivity contribution is 6.33. The Morgan fingerprint density at radius 2 is 2.14 bits per heavy atom. The molecule has 6 heteroatoms. The van der Waals surface area contributed by atoms with Crippen LogP contribution in [0, 0.1) is 11.8 Å². The van der Waals surface area contributed by atoms with E-state index in [-0.39, 0.29) is 36.8 Å². The molecule has 1 aliphatic heterocycles. The van der Waals surface area contributed by atoms with Crippen LogP contribution in [0.25, 0.3) is 0 Å². The molecular formula is C16H21ClN2O3. The molecule has 2 rings (SSSR count). The lowest BCUT2D eigenvalue weighted by atomic mass is 10.0. The van der Waals surface area contributed by atoms with E-state index in [1.807, 2.05) is 19.9 Å². The van der Waals surface area contributed by atoms with Gasteiger partial charge in [-0.1, -0.05) is 30.7 Å². The monoisotopic (exact) mass is 324 g/mol. The van der Waals surface area contributed by atoms with E-state index >= 15 is 0 Å². The van der Waals surface area contributed by atoms with Crippen molar-refractivity contribution >= 4 is 29.1 Å². The Morgan fingerprint density at radius 1 is 1.45 bits per heavy atom. The third kappa shape index (κ3) is 3.59. The Labute approximate surface area is 135 Å². The number of halogens is 1. The molecule has 0 bridgehead atoms. The zero-order chi connectivity index (χ0) is 16.3. The minimum absolute atomic E-state index is 0.0107. The molecule has 0 radical (unpaired) electrons. The zero-order valence-corrected chi connectivity index (χ0v) is 13.5. The smallest absolute Gasteiger partial charge is 0.227 e. The van der Waals surface area contributed by atoms with Gasteiger partial charge in [-0.05, 0) is 25.0 Å². The van der Waals surface area contributed by atoms with Crippen LogP contribution in [0.2, 0.25) is 5.02 Å². The van der Waals surface area contributed by atoms with E-state index in [1.165, 1.54) is 0 Å². The highest BCUT2D eigenvalue weighted by Gasteiger charge is 2.36. The SMILES string of the molecule is CC(CO)C(C)NC(=O)C1CC(=O)N(c2ccccc2Cl)C1. The van der Waals surface area contributed by atoms with Crippen LogP contribution in [0.15, 0.2) is 24.3 Å². The molecule has 1 aromatic rings. The van der Waals surface area contributed by atoms with E-state index in [0.717, 1.165) is 0 Å². The molecule has 22 heavy (non-hydrogen) atoms. The van der Waals surface area contributed by atoms with Crippen LogP contribution < -0.4 is 10.2 Å². The minimum atomic E-state index is -0.392. The van der Waals surface area contributed by atoms with Crippen molar-refractivity contribution in [2.24, 2.45) is 11.8 Å². The van der Waals surface area contributed by atoms with Crippen molar-refractivity contribution in [1.82, 2.24) is 5.32 Å². The van der Waals surface area contributed by atoms with E-state index in [9.17, 15) is 9.59 Å². The summed E-state index contributed by atoms with van der Waals surface area (Å²) in [6.07, 6.45) is 0.178. The number of amides is 2. The lowest BCUT2D eigenvalue weighted by Gasteiger charge is -2.22. The van der Waals surface area contributed by atoms with Gasteiger partial charge in [0.25, 0.3) is 0 Å². The molecule has 0 aliphatic carbocycles. The van der Waals surface area contributed by atoms with E-state index in [4.69, 9.17) is 16.7 Å². The van der Waals surface area contributed by atoms with Crippen LogP contribution in [0.1, 0.15) is 20.3 Å². The highest BCUT2D eigenvalue weighted by atomic mass is 35.5. The van der Waals surface area contributed by atoms with Crippen LogP contribution in [0.4, 0.5) is 5.69 Å². The predicted octanol–water partition coefficient (Wildman–Crippen LogP) is 1.83. The van der Waals surface area contributed by atoms with Gasteiger partial charge in [-0.3, -0.25) is 9.59 Å². The fourth-order valence-corrected chi connectivity index (χ4v) is 2.67. The first-order valence-corrected chi connectivity index (χ1v) is 7.78. The van der Waals surface area contributed by atoms with Crippen LogP contribution in [0.3, 0.4) is 0 Å². The van der Waals surface area contributed by atoms with Gasteiger partial charge in [0.2, 0.25) is 11.8 Å². The van der Waals surface area contributed by atoms with Gasteiger partial charge < -0.3 is 15.3 Å². The maximum Gasteiger partial charge on any atom is 0.227 e. The normalized spacial score (nSPS) is 20.8. The number of aliphatic hydroxyl groups excluding tert-OH is 1.